The van der Waals surface area contributed by atoms with Crippen LogP contribution in [0.2, 0.25) is 0 Å². The van der Waals surface area contributed by atoms with E-state index in [1.807, 2.05) is 0 Å². The summed E-state index contributed by atoms with van der Waals surface area (Å²) in [5.41, 5.74) is 3.94. The smallest absolute Gasteiger partial charge is 0.0707 e. The Bertz CT molecular complexity index is 1470. The van der Waals surface area contributed by atoms with E-state index in [1.54, 1.807) is 0 Å². The van der Waals surface area contributed by atoms with Crippen molar-refractivity contribution >= 4 is 60.9 Å². The van der Waals surface area contributed by atoms with Crippen LogP contribution >= 0.6 is 17.2 Å². The van der Waals surface area contributed by atoms with Crippen molar-refractivity contribution in [1.82, 2.24) is 0 Å². The van der Waals surface area contributed by atoms with Gasteiger partial charge in [0, 0.05) is 10.9 Å². The third kappa shape index (κ3) is 4.30. The molecule has 0 amide bonds. The molecule has 0 fully saturated rings. The molecule has 0 bridgehead atoms. The first-order chi connectivity index (χ1) is 16.8. The Hall–Kier alpha value is -3.24. The molecule has 0 saturated heterocycles. The molecule has 6 rings (SSSR count). The van der Waals surface area contributed by atoms with E-state index in [-0.39, 0.29) is 6.04 Å². The molecule has 1 aliphatic rings. The molecule has 3 atom stereocenters. The molecule has 1 heterocycles. The Morgan fingerprint density at radius 2 is 1.18 bits per heavy atom. The Labute approximate surface area is 204 Å². The maximum atomic E-state index is 3.95. The SMILES string of the molecule is C1=CC(c2cccc3ccccc23)Nc2c(Pc3ccccc3)ccc(Pc3ccccc3)c21. The van der Waals surface area contributed by atoms with Gasteiger partial charge in [-0.3, -0.25) is 0 Å². The van der Waals surface area contributed by atoms with Gasteiger partial charge >= 0.3 is 0 Å². The molecule has 164 valence electrons. The molecule has 34 heavy (non-hydrogen) atoms. The maximum absolute atomic E-state index is 3.95. The van der Waals surface area contributed by atoms with Crippen molar-refractivity contribution in [3.8, 4) is 0 Å². The summed E-state index contributed by atoms with van der Waals surface area (Å²) in [4.78, 5) is 0. The normalized spacial score (nSPS) is 15.2. The number of fused-ring (bicyclic) bond motifs is 2. The fraction of sp³-hybridized carbons (Fsp3) is 0.0323. The zero-order valence-corrected chi connectivity index (χ0v) is 20.7. The van der Waals surface area contributed by atoms with E-state index in [4.69, 9.17) is 0 Å². The van der Waals surface area contributed by atoms with E-state index in [0.29, 0.717) is 17.2 Å². The third-order valence-corrected chi connectivity index (χ3v) is 8.90. The van der Waals surface area contributed by atoms with Gasteiger partial charge in [0.2, 0.25) is 0 Å². The topological polar surface area (TPSA) is 12.0 Å². The second-order valence-electron chi connectivity index (χ2n) is 8.48. The number of hydrogen-bond acceptors (Lipinski definition) is 1. The van der Waals surface area contributed by atoms with Crippen LogP contribution in [0, 0.1) is 0 Å². The number of anilines is 1. The summed E-state index contributed by atoms with van der Waals surface area (Å²) < 4.78 is 0. The minimum Gasteiger partial charge on any atom is -0.374 e. The third-order valence-electron chi connectivity index (χ3n) is 6.26. The molecule has 1 nitrogen and oxygen atoms in total. The van der Waals surface area contributed by atoms with Crippen LogP contribution in [0.15, 0.2) is 121 Å². The Balaban J connectivity index is 1.43. The molecule has 0 saturated carbocycles. The predicted molar refractivity (Wildman–Crippen MR) is 154 cm³/mol. The summed E-state index contributed by atoms with van der Waals surface area (Å²) in [5, 5.41) is 12.0. The molecule has 5 aromatic rings. The first-order valence-corrected chi connectivity index (χ1v) is 13.6. The van der Waals surface area contributed by atoms with Crippen molar-refractivity contribution in [3.63, 3.8) is 0 Å². The molecule has 0 spiro atoms. The molecular formula is C31H25NP2. The van der Waals surface area contributed by atoms with Crippen LogP contribution in [-0.4, -0.2) is 0 Å². The molecule has 3 unspecified atom stereocenters. The molecule has 1 N–H and O–H groups in total. The van der Waals surface area contributed by atoms with Crippen molar-refractivity contribution < 1.29 is 0 Å². The van der Waals surface area contributed by atoms with Gasteiger partial charge in [0.25, 0.3) is 0 Å². The predicted octanol–water partition coefficient (Wildman–Crippen LogP) is 6.28. The van der Waals surface area contributed by atoms with E-state index in [9.17, 15) is 0 Å². The average Bonchev–Trinajstić information content (AvgIpc) is 2.91. The van der Waals surface area contributed by atoms with Gasteiger partial charge in [-0.2, -0.15) is 0 Å². The number of benzene rings is 5. The minimum atomic E-state index is 0.147. The van der Waals surface area contributed by atoms with Crippen molar-refractivity contribution in [1.29, 1.82) is 0 Å². The van der Waals surface area contributed by atoms with Crippen molar-refractivity contribution in [2.45, 2.75) is 6.04 Å². The molecule has 0 aromatic heterocycles. The summed E-state index contributed by atoms with van der Waals surface area (Å²) >= 11 is 0. The lowest BCUT2D eigenvalue weighted by atomic mass is 9.95. The van der Waals surface area contributed by atoms with Gasteiger partial charge in [-0.1, -0.05) is 145 Å². The highest BCUT2D eigenvalue weighted by molar-refractivity contribution is 7.56. The van der Waals surface area contributed by atoms with Gasteiger partial charge in [0.1, 0.15) is 0 Å². The summed E-state index contributed by atoms with van der Waals surface area (Å²) in [7, 11) is 1.25. The van der Waals surface area contributed by atoms with Crippen LogP contribution in [0.25, 0.3) is 16.8 Å². The quantitative estimate of drug-likeness (QED) is 0.296. The van der Waals surface area contributed by atoms with Gasteiger partial charge in [-0.05, 0) is 32.2 Å². The largest absolute Gasteiger partial charge is 0.374 e. The Kier molecular flexibility index (Phi) is 5.99. The van der Waals surface area contributed by atoms with Crippen LogP contribution in [0.5, 0.6) is 0 Å². The first kappa shape index (κ1) is 21.3. The molecule has 3 heteroatoms. The molecule has 0 aliphatic carbocycles. The lowest BCUT2D eigenvalue weighted by Gasteiger charge is -2.28. The van der Waals surface area contributed by atoms with Gasteiger partial charge in [0.05, 0.1) is 11.7 Å². The Morgan fingerprint density at radius 3 is 1.94 bits per heavy atom. The van der Waals surface area contributed by atoms with Crippen LogP contribution in [-0.2, 0) is 0 Å². The molecule has 5 aromatic carbocycles. The van der Waals surface area contributed by atoms with E-state index in [1.165, 1.54) is 48.8 Å². The van der Waals surface area contributed by atoms with Crippen LogP contribution in [0.4, 0.5) is 5.69 Å². The standard InChI is InChI=1S/C31H25NP2/c1-3-12-23(13-4-1)33-29-20-21-30(34-24-14-5-2-6-15-24)31-27(29)18-19-28(32-31)26-17-9-11-22-10-7-8-16-25(22)26/h1-21,28,32-34H. The summed E-state index contributed by atoms with van der Waals surface area (Å²) in [6.07, 6.45) is 4.68. The highest BCUT2D eigenvalue weighted by Gasteiger charge is 2.21. The number of nitrogens with one attached hydrogen (secondary N) is 1. The number of hydrogen-bond donors (Lipinski definition) is 1. The van der Waals surface area contributed by atoms with Crippen molar-refractivity contribution in [2.75, 3.05) is 5.32 Å². The molecule has 1 aliphatic heterocycles. The molecule has 0 radical (unpaired) electrons. The first-order valence-electron chi connectivity index (χ1n) is 11.6. The zero-order valence-electron chi connectivity index (χ0n) is 18.7. The van der Waals surface area contributed by atoms with Crippen LogP contribution < -0.4 is 26.5 Å². The molecular weight excluding hydrogens is 448 g/mol. The summed E-state index contributed by atoms with van der Waals surface area (Å²) in [5.74, 6) is 0. The van der Waals surface area contributed by atoms with E-state index >= 15 is 0 Å². The maximum Gasteiger partial charge on any atom is 0.0707 e. The van der Waals surface area contributed by atoms with Crippen molar-refractivity contribution in [3.05, 3.63) is 132 Å². The van der Waals surface area contributed by atoms with Crippen LogP contribution in [0.3, 0.4) is 0 Å². The Morgan fingerprint density at radius 1 is 0.559 bits per heavy atom. The highest BCUT2D eigenvalue weighted by Crippen LogP contribution is 2.35. The average molecular weight is 473 g/mol. The highest BCUT2D eigenvalue weighted by atomic mass is 31.1. The van der Waals surface area contributed by atoms with E-state index < -0.39 is 0 Å². The fourth-order valence-electron chi connectivity index (χ4n) is 4.61. The fourth-order valence-corrected chi connectivity index (χ4v) is 6.96. The van der Waals surface area contributed by atoms with Gasteiger partial charge < -0.3 is 5.32 Å². The van der Waals surface area contributed by atoms with Crippen molar-refractivity contribution in [2.24, 2.45) is 0 Å². The minimum absolute atomic E-state index is 0.147. The monoisotopic (exact) mass is 473 g/mol. The van der Waals surface area contributed by atoms with E-state index in [2.05, 4.69) is 133 Å². The second kappa shape index (κ2) is 9.55. The zero-order chi connectivity index (χ0) is 22.7. The van der Waals surface area contributed by atoms with E-state index in [0.717, 1.165) is 0 Å². The van der Waals surface area contributed by atoms with Gasteiger partial charge in [-0.15, -0.1) is 0 Å². The summed E-state index contributed by atoms with van der Waals surface area (Å²) in [6, 6.07) is 41.7. The van der Waals surface area contributed by atoms with Gasteiger partial charge in [-0.25, -0.2) is 0 Å². The van der Waals surface area contributed by atoms with Gasteiger partial charge in [0.15, 0.2) is 0 Å². The lowest BCUT2D eigenvalue weighted by molar-refractivity contribution is 0.995. The number of rotatable bonds is 5. The second-order valence-corrected chi connectivity index (χ2v) is 11.2. The lowest BCUT2D eigenvalue weighted by Crippen LogP contribution is -2.23. The summed E-state index contributed by atoms with van der Waals surface area (Å²) in [6.45, 7) is 0. The van der Waals surface area contributed by atoms with Crippen LogP contribution in [0.1, 0.15) is 17.2 Å².